The van der Waals surface area contributed by atoms with Gasteiger partial charge in [-0.2, -0.15) is 0 Å². The summed E-state index contributed by atoms with van der Waals surface area (Å²) in [6.07, 6.45) is 0. The van der Waals surface area contributed by atoms with Crippen LogP contribution in [0.4, 0.5) is 0 Å². The van der Waals surface area contributed by atoms with Crippen molar-refractivity contribution in [2.75, 3.05) is 19.8 Å². The van der Waals surface area contributed by atoms with Crippen LogP contribution in [0.5, 0.6) is 0 Å². The molecule has 4 rings (SSSR count). The largest absolute Gasteiger partial charge is 0.395 e. The summed E-state index contributed by atoms with van der Waals surface area (Å²) in [4.78, 5) is 0. The predicted molar refractivity (Wildman–Crippen MR) is 146 cm³/mol. The lowest BCUT2D eigenvalue weighted by atomic mass is 9.68. The van der Waals surface area contributed by atoms with Gasteiger partial charge in [-0.1, -0.05) is 109 Å². The first-order chi connectivity index (χ1) is 17.3. The minimum Gasteiger partial charge on any atom is -0.395 e. The van der Waals surface area contributed by atoms with Gasteiger partial charge in [-0.15, -0.1) is 0 Å². The highest BCUT2D eigenvalue weighted by atomic mass is 16.3. The lowest BCUT2D eigenvalue weighted by Crippen LogP contribution is -2.34. The Morgan fingerprint density at radius 2 is 0.611 bits per heavy atom. The second kappa shape index (κ2) is 10.4. The van der Waals surface area contributed by atoms with Gasteiger partial charge in [0.05, 0.1) is 19.8 Å². The third-order valence-corrected chi connectivity index (χ3v) is 8.03. The summed E-state index contributed by atoms with van der Waals surface area (Å²) in [5.41, 5.74) is 3.81. The molecule has 4 aromatic rings. The van der Waals surface area contributed by atoms with E-state index in [1.165, 1.54) is 0 Å². The Hall–Kier alpha value is -3.24. The van der Waals surface area contributed by atoms with Crippen molar-refractivity contribution in [3.63, 3.8) is 0 Å². The molecular weight excluding hydrogens is 444 g/mol. The number of aliphatic hydroxyl groups excluding tert-OH is 3. The van der Waals surface area contributed by atoms with Crippen LogP contribution in [0.15, 0.2) is 109 Å². The third-order valence-electron chi connectivity index (χ3n) is 8.03. The molecule has 186 valence electrons. The van der Waals surface area contributed by atoms with Gasteiger partial charge in [0, 0.05) is 16.2 Å². The summed E-state index contributed by atoms with van der Waals surface area (Å²) in [6.45, 7) is 5.89. The molecule has 3 heteroatoms. The zero-order valence-electron chi connectivity index (χ0n) is 21.4. The van der Waals surface area contributed by atoms with Crippen molar-refractivity contribution in [2.24, 2.45) is 0 Å². The van der Waals surface area contributed by atoms with E-state index in [2.05, 4.69) is 18.2 Å². The summed E-state index contributed by atoms with van der Waals surface area (Å²) in [7, 11) is 0. The Bertz CT molecular complexity index is 1100. The minimum absolute atomic E-state index is 0.0811. The van der Waals surface area contributed by atoms with Gasteiger partial charge < -0.3 is 15.3 Å². The van der Waals surface area contributed by atoms with E-state index >= 15 is 0 Å². The molecule has 0 heterocycles. The normalized spacial score (nSPS) is 16.5. The first-order valence-electron chi connectivity index (χ1n) is 12.5. The zero-order valence-corrected chi connectivity index (χ0v) is 21.4. The Morgan fingerprint density at radius 1 is 0.389 bits per heavy atom. The fourth-order valence-corrected chi connectivity index (χ4v) is 5.05. The molecule has 3 unspecified atom stereocenters. The summed E-state index contributed by atoms with van der Waals surface area (Å²) in [6, 6.07) is 36.4. The first kappa shape index (κ1) is 25.8. The molecule has 0 amide bonds. The van der Waals surface area contributed by atoms with E-state index in [1.807, 2.05) is 112 Å². The molecular formula is C33H36O3. The fraction of sp³-hybridized carbons (Fsp3) is 0.273. The van der Waals surface area contributed by atoms with Gasteiger partial charge in [-0.25, -0.2) is 0 Å². The number of hydrogen-bond donors (Lipinski definition) is 3. The highest BCUT2D eigenvalue weighted by molar-refractivity contribution is 5.51. The molecule has 4 aromatic carbocycles. The van der Waals surface area contributed by atoms with Gasteiger partial charge >= 0.3 is 0 Å². The molecule has 0 fully saturated rings. The molecule has 0 aliphatic heterocycles. The van der Waals surface area contributed by atoms with Crippen LogP contribution in [0, 0.1) is 0 Å². The molecule has 3 nitrogen and oxygen atoms in total. The van der Waals surface area contributed by atoms with Crippen LogP contribution in [0.25, 0.3) is 0 Å². The van der Waals surface area contributed by atoms with Gasteiger partial charge in [-0.05, 0) is 54.2 Å². The van der Waals surface area contributed by atoms with Crippen molar-refractivity contribution in [1.29, 1.82) is 0 Å². The highest BCUT2D eigenvalue weighted by Gasteiger charge is 2.37. The summed E-state index contributed by atoms with van der Waals surface area (Å²) < 4.78 is 0. The van der Waals surface area contributed by atoms with E-state index in [0.29, 0.717) is 0 Å². The number of aliphatic hydroxyl groups is 3. The Labute approximate surface area is 214 Å². The molecule has 0 saturated heterocycles. The Kier molecular flexibility index (Phi) is 7.46. The quantitative estimate of drug-likeness (QED) is 0.293. The second-order valence-electron chi connectivity index (χ2n) is 10.4. The number of benzene rings is 4. The summed E-state index contributed by atoms with van der Waals surface area (Å²) in [5.74, 6) is 0. The van der Waals surface area contributed by atoms with E-state index in [1.54, 1.807) is 0 Å². The lowest BCUT2D eigenvalue weighted by Gasteiger charge is -2.37. The minimum atomic E-state index is -0.674. The van der Waals surface area contributed by atoms with Crippen LogP contribution in [-0.2, 0) is 16.2 Å². The zero-order chi connectivity index (χ0) is 25.8. The number of rotatable bonds is 9. The van der Waals surface area contributed by atoms with Crippen molar-refractivity contribution in [3.05, 3.63) is 143 Å². The molecule has 0 aliphatic carbocycles. The van der Waals surface area contributed by atoms with Crippen LogP contribution in [0.2, 0.25) is 0 Å². The molecule has 3 atom stereocenters. The maximum absolute atomic E-state index is 10.7. The van der Waals surface area contributed by atoms with Crippen molar-refractivity contribution in [1.82, 2.24) is 0 Å². The Morgan fingerprint density at radius 3 is 0.806 bits per heavy atom. The maximum atomic E-state index is 10.7. The van der Waals surface area contributed by atoms with Crippen molar-refractivity contribution in [2.45, 2.75) is 37.0 Å². The molecule has 0 radical (unpaired) electrons. The van der Waals surface area contributed by atoms with Gasteiger partial charge in [0.25, 0.3) is 0 Å². The van der Waals surface area contributed by atoms with E-state index in [-0.39, 0.29) is 19.8 Å². The molecule has 0 bridgehead atoms. The van der Waals surface area contributed by atoms with E-state index < -0.39 is 16.2 Å². The predicted octanol–water partition coefficient (Wildman–Crippen LogP) is 5.58. The van der Waals surface area contributed by atoms with E-state index in [9.17, 15) is 15.3 Å². The monoisotopic (exact) mass is 480 g/mol. The van der Waals surface area contributed by atoms with Crippen molar-refractivity contribution in [3.8, 4) is 0 Å². The van der Waals surface area contributed by atoms with Gasteiger partial charge in [-0.3, -0.25) is 0 Å². The molecule has 3 N–H and O–H groups in total. The van der Waals surface area contributed by atoms with Crippen LogP contribution in [0.1, 0.15) is 54.2 Å². The summed E-state index contributed by atoms with van der Waals surface area (Å²) in [5, 5.41) is 32.2. The van der Waals surface area contributed by atoms with Crippen LogP contribution >= 0.6 is 0 Å². The SMILES string of the molecule is CC(CO)(c1ccccc1)c1cc(C(C)(CO)c2ccccc2)cc(C(C)(CO)c2ccccc2)c1. The standard InChI is InChI=1S/C33H36O3/c1-31(22-34,25-13-7-4-8-14-25)28-19-29(32(2,23-35)26-15-9-5-10-16-26)21-30(20-28)33(3,24-36)27-17-11-6-12-18-27/h4-21,34-36H,22-24H2,1-3H3. The molecule has 0 aliphatic rings. The van der Waals surface area contributed by atoms with E-state index in [4.69, 9.17) is 0 Å². The van der Waals surface area contributed by atoms with Crippen LogP contribution < -0.4 is 0 Å². The molecule has 0 aromatic heterocycles. The first-order valence-corrected chi connectivity index (χ1v) is 12.5. The number of hydrogen-bond acceptors (Lipinski definition) is 3. The lowest BCUT2D eigenvalue weighted by molar-refractivity contribution is 0.223. The summed E-state index contributed by atoms with van der Waals surface area (Å²) >= 11 is 0. The van der Waals surface area contributed by atoms with Crippen molar-refractivity contribution >= 4 is 0 Å². The highest BCUT2D eigenvalue weighted by Crippen LogP contribution is 2.41. The molecule has 36 heavy (non-hydrogen) atoms. The van der Waals surface area contributed by atoms with Gasteiger partial charge in [0.1, 0.15) is 0 Å². The average molecular weight is 481 g/mol. The average Bonchev–Trinajstić information content (AvgIpc) is 2.97. The fourth-order valence-electron chi connectivity index (χ4n) is 5.05. The van der Waals surface area contributed by atoms with Gasteiger partial charge in [0.15, 0.2) is 0 Å². The van der Waals surface area contributed by atoms with Gasteiger partial charge in [0.2, 0.25) is 0 Å². The topological polar surface area (TPSA) is 60.7 Å². The maximum Gasteiger partial charge on any atom is 0.0566 e. The van der Waals surface area contributed by atoms with Crippen LogP contribution in [-0.4, -0.2) is 35.1 Å². The third kappa shape index (κ3) is 4.51. The molecule has 0 spiro atoms. The van der Waals surface area contributed by atoms with Crippen LogP contribution in [0.3, 0.4) is 0 Å². The van der Waals surface area contributed by atoms with Crippen molar-refractivity contribution < 1.29 is 15.3 Å². The Balaban J connectivity index is 2.03. The smallest absolute Gasteiger partial charge is 0.0566 e. The van der Waals surface area contributed by atoms with E-state index in [0.717, 1.165) is 33.4 Å². The molecule has 0 saturated carbocycles. The second-order valence-corrected chi connectivity index (χ2v) is 10.4.